The summed E-state index contributed by atoms with van der Waals surface area (Å²) in [5, 5.41) is 5.68. The van der Waals surface area contributed by atoms with Gasteiger partial charge in [-0.15, -0.1) is 0 Å². The van der Waals surface area contributed by atoms with E-state index in [4.69, 9.17) is 62.7 Å². The van der Waals surface area contributed by atoms with Gasteiger partial charge < -0.3 is 15.4 Å². The molecule has 0 aliphatic carbocycles. The van der Waals surface area contributed by atoms with E-state index in [0.717, 1.165) is 0 Å². The number of hydrogen-bond donors (Lipinski definition) is 2. The lowest BCUT2D eigenvalue weighted by Gasteiger charge is -2.33. The molecule has 0 saturated carbocycles. The number of nitrogens with one attached hydrogen (secondary N) is 2. The minimum Gasteiger partial charge on any atom is -0.461 e. The van der Waals surface area contributed by atoms with Gasteiger partial charge in [0.05, 0.1) is 16.1 Å². The van der Waals surface area contributed by atoms with Gasteiger partial charge in [-0.05, 0) is 17.7 Å². The van der Waals surface area contributed by atoms with Gasteiger partial charge in [-0.3, -0.25) is 4.79 Å². The van der Waals surface area contributed by atoms with Crippen LogP contribution in [0.1, 0.15) is 11.6 Å². The molecule has 0 spiro atoms. The second-order valence-corrected chi connectivity index (χ2v) is 8.31. The Bertz CT molecular complexity index is 689. The third kappa shape index (κ3) is 4.83. The number of halogens is 5. The van der Waals surface area contributed by atoms with Crippen molar-refractivity contribution in [1.29, 1.82) is 0 Å². The van der Waals surface area contributed by atoms with E-state index in [2.05, 4.69) is 17.2 Å². The third-order valence-corrected chi connectivity index (χ3v) is 4.27. The first-order valence-corrected chi connectivity index (χ1v) is 8.42. The summed E-state index contributed by atoms with van der Waals surface area (Å²) in [6, 6.07) is 3.46. The molecule has 2 unspecified atom stereocenters. The smallest absolute Gasteiger partial charge is 0.319 e. The van der Waals surface area contributed by atoms with Gasteiger partial charge in [0, 0.05) is 5.70 Å². The molecule has 1 aromatic carbocycles. The van der Waals surface area contributed by atoms with E-state index in [-0.39, 0.29) is 10.7 Å². The number of ether oxygens (including phenoxy) is 1. The molecule has 1 aromatic rings. The van der Waals surface area contributed by atoms with Crippen molar-refractivity contribution >= 4 is 70.0 Å². The summed E-state index contributed by atoms with van der Waals surface area (Å²) in [6.07, 6.45) is 0. The van der Waals surface area contributed by atoms with Crippen molar-refractivity contribution in [3.63, 3.8) is 0 Å². The van der Waals surface area contributed by atoms with Crippen LogP contribution in [0.15, 0.2) is 30.5 Å². The number of carbonyl (C=O) groups excluding carboxylic acids is 2. The Morgan fingerprint density at radius 1 is 1.25 bits per heavy atom. The fraction of sp³-hybridized carbons (Fsp3) is 0.286. The highest BCUT2D eigenvalue weighted by Crippen LogP contribution is 2.34. The Labute approximate surface area is 163 Å². The highest BCUT2D eigenvalue weighted by atomic mass is 35.6. The molecular formula is C14H11Cl5N2O3. The molecule has 2 atom stereocenters. The summed E-state index contributed by atoms with van der Waals surface area (Å²) in [4.78, 5) is 24.1. The second kappa shape index (κ2) is 7.58. The molecule has 24 heavy (non-hydrogen) atoms. The van der Waals surface area contributed by atoms with E-state index < -0.39 is 34.4 Å². The van der Waals surface area contributed by atoms with Crippen LogP contribution in [-0.4, -0.2) is 22.4 Å². The number of amides is 2. The molecule has 0 bridgehead atoms. The maximum Gasteiger partial charge on any atom is 0.319 e. The number of carbonyl (C=O) groups is 2. The van der Waals surface area contributed by atoms with Gasteiger partial charge in [-0.25, -0.2) is 4.79 Å². The summed E-state index contributed by atoms with van der Waals surface area (Å²) >= 11 is 28.6. The highest BCUT2D eigenvalue weighted by molar-refractivity contribution is 6.67. The Hall–Kier alpha value is -0.850. The van der Waals surface area contributed by atoms with Gasteiger partial charge in [0.15, 0.2) is 0 Å². The monoisotopic (exact) mass is 430 g/mol. The second-order valence-electron chi connectivity index (χ2n) is 4.98. The minimum absolute atomic E-state index is 0.157. The number of rotatable bonds is 3. The lowest BCUT2D eigenvalue weighted by atomic mass is 9.89. The molecule has 1 fully saturated rings. The van der Waals surface area contributed by atoms with E-state index in [9.17, 15) is 9.59 Å². The molecule has 2 rings (SSSR count). The zero-order valence-electron chi connectivity index (χ0n) is 11.9. The van der Waals surface area contributed by atoms with Crippen LogP contribution in [0.5, 0.6) is 0 Å². The molecule has 2 amide bonds. The van der Waals surface area contributed by atoms with E-state index in [0.29, 0.717) is 10.6 Å². The first-order valence-electron chi connectivity index (χ1n) is 6.53. The van der Waals surface area contributed by atoms with Crippen LogP contribution >= 0.6 is 58.0 Å². The van der Waals surface area contributed by atoms with Gasteiger partial charge in [0.25, 0.3) is 0 Å². The minimum atomic E-state index is -1.75. The van der Waals surface area contributed by atoms with Crippen molar-refractivity contribution < 1.29 is 14.3 Å². The van der Waals surface area contributed by atoms with Crippen LogP contribution in [0, 0.1) is 5.92 Å². The van der Waals surface area contributed by atoms with Gasteiger partial charge in [-0.2, -0.15) is 0 Å². The van der Waals surface area contributed by atoms with Crippen molar-refractivity contribution in [2.75, 3.05) is 6.61 Å². The molecule has 1 saturated heterocycles. The lowest BCUT2D eigenvalue weighted by Crippen LogP contribution is -2.51. The van der Waals surface area contributed by atoms with Crippen LogP contribution < -0.4 is 10.6 Å². The number of alkyl halides is 3. The normalized spacial score (nSPS) is 21.0. The standard InChI is InChI=1S/C14H11Cl5N2O3/c1-6-10(12(22)24-5-14(17,18)19)11(21-13(23)20-6)7-2-3-8(15)9(16)4-7/h2-4,10-11H,1,5H2,(H2,20,21,23). The van der Waals surface area contributed by atoms with E-state index in [1.54, 1.807) is 18.2 Å². The zero-order valence-corrected chi connectivity index (χ0v) is 15.7. The molecule has 130 valence electrons. The van der Waals surface area contributed by atoms with Crippen LogP contribution in [0.25, 0.3) is 0 Å². The van der Waals surface area contributed by atoms with Crippen molar-refractivity contribution in [3.05, 3.63) is 46.1 Å². The lowest BCUT2D eigenvalue weighted by molar-refractivity contribution is -0.148. The molecule has 2 N–H and O–H groups in total. The predicted molar refractivity (Wildman–Crippen MR) is 94.7 cm³/mol. The summed E-state index contributed by atoms with van der Waals surface area (Å²) in [7, 11) is 0. The van der Waals surface area contributed by atoms with Gasteiger partial charge in [0.2, 0.25) is 3.79 Å². The molecule has 10 heteroatoms. The van der Waals surface area contributed by atoms with Crippen molar-refractivity contribution in [3.8, 4) is 0 Å². The Morgan fingerprint density at radius 2 is 1.92 bits per heavy atom. The van der Waals surface area contributed by atoms with Gasteiger partial charge in [-0.1, -0.05) is 70.7 Å². The molecule has 5 nitrogen and oxygen atoms in total. The van der Waals surface area contributed by atoms with E-state index in [1.165, 1.54) is 0 Å². The fourth-order valence-corrected chi connectivity index (χ4v) is 2.66. The average molecular weight is 433 g/mol. The van der Waals surface area contributed by atoms with Crippen LogP contribution in [-0.2, 0) is 9.53 Å². The summed E-state index contributed by atoms with van der Waals surface area (Å²) in [5.74, 6) is -1.65. The number of hydrogen-bond acceptors (Lipinski definition) is 3. The molecule has 1 heterocycles. The Kier molecular flexibility index (Phi) is 6.15. The SMILES string of the molecule is C=C1NC(=O)NC(c2ccc(Cl)c(Cl)c2)C1C(=O)OCC(Cl)(Cl)Cl. The molecule has 1 aliphatic heterocycles. The average Bonchev–Trinajstić information content (AvgIpc) is 2.46. The van der Waals surface area contributed by atoms with Gasteiger partial charge in [0.1, 0.15) is 12.5 Å². The number of urea groups is 1. The molecule has 1 aliphatic rings. The molecular weight excluding hydrogens is 421 g/mol. The molecule has 0 radical (unpaired) electrons. The number of esters is 1. The van der Waals surface area contributed by atoms with Crippen LogP contribution in [0.2, 0.25) is 10.0 Å². The fourth-order valence-electron chi connectivity index (χ4n) is 2.19. The first-order chi connectivity index (χ1) is 11.1. The van der Waals surface area contributed by atoms with Crippen molar-refractivity contribution in [1.82, 2.24) is 10.6 Å². The Balaban J connectivity index is 2.30. The molecule has 0 aromatic heterocycles. The summed E-state index contributed by atoms with van der Waals surface area (Å²) < 4.78 is 3.26. The van der Waals surface area contributed by atoms with Crippen molar-refractivity contribution in [2.45, 2.75) is 9.83 Å². The topological polar surface area (TPSA) is 67.4 Å². The summed E-state index contributed by atoms with van der Waals surface area (Å²) in [6.45, 7) is 3.25. The quantitative estimate of drug-likeness (QED) is 0.550. The van der Waals surface area contributed by atoms with Gasteiger partial charge >= 0.3 is 12.0 Å². The summed E-state index contributed by atoms with van der Waals surface area (Å²) in [5.41, 5.74) is 0.709. The maximum atomic E-state index is 12.4. The first kappa shape index (κ1) is 19.5. The predicted octanol–water partition coefficient (Wildman–Crippen LogP) is 4.39. The van der Waals surface area contributed by atoms with Crippen LogP contribution in [0.4, 0.5) is 4.79 Å². The highest BCUT2D eigenvalue weighted by Gasteiger charge is 2.40. The Morgan fingerprint density at radius 3 is 2.50 bits per heavy atom. The zero-order chi connectivity index (χ0) is 18.1. The van der Waals surface area contributed by atoms with E-state index >= 15 is 0 Å². The van der Waals surface area contributed by atoms with Crippen LogP contribution in [0.3, 0.4) is 0 Å². The largest absolute Gasteiger partial charge is 0.461 e. The van der Waals surface area contributed by atoms with E-state index in [1.807, 2.05) is 0 Å². The number of benzene rings is 1. The third-order valence-electron chi connectivity index (χ3n) is 3.20. The maximum absolute atomic E-state index is 12.4. The van der Waals surface area contributed by atoms with Crippen molar-refractivity contribution in [2.24, 2.45) is 5.92 Å².